The van der Waals surface area contributed by atoms with Crippen LogP contribution < -0.4 is 4.74 Å². The molecule has 4 nitrogen and oxygen atoms in total. The summed E-state index contributed by atoms with van der Waals surface area (Å²) >= 11 is 4.55. The van der Waals surface area contributed by atoms with E-state index in [1.54, 1.807) is 0 Å². The van der Waals surface area contributed by atoms with Gasteiger partial charge < -0.3 is 4.74 Å². The Kier molecular flexibility index (Phi) is 6.08. The third-order valence-electron chi connectivity index (χ3n) is 8.41. The van der Waals surface area contributed by atoms with E-state index in [0.717, 1.165) is 50.9 Å². The van der Waals surface area contributed by atoms with Crippen molar-refractivity contribution in [3.63, 3.8) is 0 Å². The van der Waals surface area contributed by atoms with E-state index in [2.05, 4.69) is 34.1 Å². The van der Waals surface area contributed by atoms with Crippen molar-refractivity contribution in [2.75, 3.05) is 6.61 Å². The minimum Gasteiger partial charge on any atom is -0.493 e. The highest BCUT2D eigenvalue weighted by Crippen LogP contribution is 2.61. The molecule has 7 rings (SSSR count). The van der Waals surface area contributed by atoms with Crippen molar-refractivity contribution >= 4 is 44.9 Å². The van der Waals surface area contributed by atoms with E-state index >= 15 is 0 Å². The lowest BCUT2D eigenvalue weighted by atomic mass is 9.48. The first-order chi connectivity index (χ1) is 16.9. The summed E-state index contributed by atoms with van der Waals surface area (Å²) in [5.74, 6) is 3.14. The van der Waals surface area contributed by atoms with E-state index in [-0.39, 0.29) is 23.1 Å². The largest absolute Gasteiger partial charge is 0.493 e. The van der Waals surface area contributed by atoms with Gasteiger partial charge in [0.05, 0.1) is 18.1 Å². The average molecular weight is 553 g/mol. The van der Waals surface area contributed by atoms with Crippen molar-refractivity contribution in [3.8, 4) is 5.75 Å². The normalized spacial score (nSPS) is 30.5. The molecule has 0 radical (unpaired) electrons. The van der Waals surface area contributed by atoms with Crippen LogP contribution in [0.15, 0.2) is 51.8 Å². The quantitative estimate of drug-likeness (QED) is 0.347. The molecular weight excluding hydrogens is 522 g/mol. The molecule has 4 aliphatic carbocycles. The molecule has 0 N–H and O–H groups in total. The molecule has 0 spiro atoms. The summed E-state index contributed by atoms with van der Waals surface area (Å²) < 4.78 is 6.85. The Morgan fingerprint density at radius 3 is 2.40 bits per heavy atom. The predicted molar refractivity (Wildman–Crippen MR) is 143 cm³/mol. The lowest BCUT2D eigenvalue weighted by molar-refractivity contribution is -0.123. The fourth-order valence-corrected chi connectivity index (χ4v) is 8.56. The van der Waals surface area contributed by atoms with E-state index < -0.39 is 0 Å². The zero-order valence-corrected chi connectivity index (χ0v) is 22.4. The van der Waals surface area contributed by atoms with Gasteiger partial charge in [-0.15, -0.1) is 0 Å². The molecule has 4 bridgehead atoms. The lowest BCUT2D eigenvalue weighted by Crippen LogP contribution is -2.48. The van der Waals surface area contributed by atoms with Crippen LogP contribution in [0.2, 0.25) is 0 Å². The first kappa shape index (κ1) is 23.4. The van der Waals surface area contributed by atoms with Crippen LogP contribution in [-0.2, 0) is 16.8 Å². The van der Waals surface area contributed by atoms with Gasteiger partial charge in [0.25, 0.3) is 11.1 Å². The molecule has 0 aromatic heterocycles. The molecule has 6 heteroatoms. The Bertz CT molecular complexity index is 1190. The van der Waals surface area contributed by atoms with Gasteiger partial charge in [-0.05, 0) is 116 Å². The fourth-order valence-electron chi connectivity index (χ4n) is 7.32. The van der Waals surface area contributed by atoms with Crippen LogP contribution in [-0.4, -0.2) is 22.7 Å². The number of amides is 2. The van der Waals surface area contributed by atoms with Gasteiger partial charge in [0.2, 0.25) is 0 Å². The molecule has 35 heavy (non-hydrogen) atoms. The Labute approximate surface area is 219 Å². The number of imide groups is 1. The van der Waals surface area contributed by atoms with Gasteiger partial charge >= 0.3 is 0 Å². The number of carbonyl (C=O) groups is 2. The van der Waals surface area contributed by atoms with Crippen LogP contribution in [0.3, 0.4) is 0 Å². The van der Waals surface area contributed by atoms with Gasteiger partial charge in [0.1, 0.15) is 5.75 Å². The molecule has 1 heterocycles. The van der Waals surface area contributed by atoms with Crippen molar-refractivity contribution in [1.82, 2.24) is 4.90 Å². The number of halogens is 1. The molecule has 0 unspecified atom stereocenters. The molecule has 182 valence electrons. The van der Waals surface area contributed by atoms with Crippen molar-refractivity contribution in [2.45, 2.75) is 57.4 Å². The van der Waals surface area contributed by atoms with E-state index in [1.165, 1.54) is 49.0 Å². The topological polar surface area (TPSA) is 46.6 Å². The third kappa shape index (κ3) is 4.27. The minimum atomic E-state index is -0.238. The Morgan fingerprint density at radius 1 is 1.06 bits per heavy atom. The van der Waals surface area contributed by atoms with Crippen molar-refractivity contribution in [2.24, 2.45) is 17.8 Å². The monoisotopic (exact) mass is 551 g/mol. The highest BCUT2D eigenvalue weighted by atomic mass is 79.9. The van der Waals surface area contributed by atoms with E-state index in [4.69, 9.17) is 4.74 Å². The number of nitrogens with zero attached hydrogens (tertiary/aromatic N) is 1. The first-order valence-corrected chi connectivity index (χ1v) is 14.3. The summed E-state index contributed by atoms with van der Waals surface area (Å²) in [7, 11) is 0. The Hall–Kier alpha value is -2.05. The Morgan fingerprint density at radius 2 is 1.74 bits per heavy atom. The minimum absolute atomic E-state index is 0.229. The van der Waals surface area contributed by atoms with Gasteiger partial charge in [-0.25, -0.2) is 0 Å². The molecule has 0 atom stereocenters. The third-order valence-corrected chi connectivity index (χ3v) is 10.1. The highest BCUT2D eigenvalue weighted by Gasteiger charge is 2.51. The molecule has 5 aliphatic rings. The molecule has 2 aromatic rings. The average Bonchev–Trinajstić information content (AvgIpc) is 3.08. The second-order valence-electron chi connectivity index (χ2n) is 10.7. The number of ether oxygens (including phenoxy) is 1. The summed E-state index contributed by atoms with van der Waals surface area (Å²) in [6.45, 7) is 2.79. The van der Waals surface area contributed by atoms with E-state index in [1.807, 2.05) is 37.3 Å². The van der Waals surface area contributed by atoms with Crippen molar-refractivity contribution < 1.29 is 14.3 Å². The van der Waals surface area contributed by atoms with Gasteiger partial charge in [-0.1, -0.05) is 40.2 Å². The van der Waals surface area contributed by atoms with Crippen LogP contribution >= 0.6 is 27.7 Å². The smallest absolute Gasteiger partial charge is 0.293 e. The van der Waals surface area contributed by atoms with Gasteiger partial charge in [0.15, 0.2) is 0 Å². The highest BCUT2D eigenvalue weighted by molar-refractivity contribution is 9.10. The summed E-state index contributed by atoms with van der Waals surface area (Å²) in [5.41, 5.74) is 3.47. The first-order valence-electron chi connectivity index (χ1n) is 12.7. The van der Waals surface area contributed by atoms with E-state index in [0.29, 0.717) is 11.5 Å². The molecule has 5 fully saturated rings. The van der Waals surface area contributed by atoms with Crippen LogP contribution in [0, 0.1) is 17.8 Å². The molecule has 2 aromatic carbocycles. The van der Waals surface area contributed by atoms with Crippen molar-refractivity contribution in [1.29, 1.82) is 0 Å². The maximum absolute atomic E-state index is 13.3. The number of carbonyl (C=O) groups excluding carboxylic acids is 2. The van der Waals surface area contributed by atoms with Crippen LogP contribution in [0.1, 0.15) is 62.1 Å². The molecule has 2 amide bonds. The second kappa shape index (κ2) is 9.11. The maximum atomic E-state index is 13.3. The molecule has 1 aliphatic heterocycles. The predicted octanol–water partition coefficient (Wildman–Crippen LogP) is 7.55. The summed E-state index contributed by atoms with van der Waals surface area (Å²) in [5, 5.41) is -0.229. The number of rotatable bonds is 6. The van der Waals surface area contributed by atoms with Crippen molar-refractivity contribution in [3.05, 3.63) is 68.5 Å². The molecule has 1 saturated heterocycles. The lowest BCUT2D eigenvalue weighted by Gasteiger charge is -2.57. The SMILES string of the molecule is CCOc1ccc(C23CC4CC(CC(C4)C2)C3)cc1/C=C1\SC(=O)N(Cc2ccccc2Br)C1=O. The number of thioether (sulfide) groups is 1. The maximum Gasteiger partial charge on any atom is 0.293 e. The number of hydrogen-bond acceptors (Lipinski definition) is 4. The zero-order chi connectivity index (χ0) is 24.2. The van der Waals surface area contributed by atoms with Gasteiger partial charge in [0, 0.05) is 10.0 Å². The molecular formula is C29H30BrNO3S. The van der Waals surface area contributed by atoms with Gasteiger partial charge in [-0.2, -0.15) is 0 Å². The Balaban J connectivity index is 1.32. The number of hydrogen-bond donors (Lipinski definition) is 0. The summed E-state index contributed by atoms with van der Waals surface area (Å²) in [4.78, 5) is 27.9. The van der Waals surface area contributed by atoms with E-state index in [9.17, 15) is 9.59 Å². The summed E-state index contributed by atoms with van der Waals surface area (Å²) in [6, 6.07) is 14.3. The number of benzene rings is 2. The fraction of sp³-hybridized carbons (Fsp3) is 0.448. The summed E-state index contributed by atoms with van der Waals surface area (Å²) in [6.07, 6.45) is 9.97. The zero-order valence-electron chi connectivity index (χ0n) is 20.0. The van der Waals surface area contributed by atoms with Crippen LogP contribution in [0.5, 0.6) is 5.75 Å². The second-order valence-corrected chi connectivity index (χ2v) is 12.6. The van der Waals surface area contributed by atoms with Gasteiger partial charge in [-0.3, -0.25) is 14.5 Å². The standard InChI is InChI=1S/C29H30BrNO3S/c1-2-34-25-8-7-23(29-14-18-9-19(15-29)11-20(10-18)16-29)12-22(25)13-26-27(32)31(28(33)35-26)17-21-5-3-4-6-24(21)30/h3-8,12-13,18-20H,2,9-11,14-17H2,1H3/b26-13-. The molecule has 4 saturated carbocycles. The van der Waals surface area contributed by atoms with Crippen LogP contribution in [0.25, 0.3) is 6.08 Å². The van der Waals surface area contributed by atoms with Crippen LogP contribution in [0.4, 0.5) is 4.79 Å².